The van der Waals surface area contributed by atoms with Crippen molar-refractivity contribution in [3.8, 4) is 0 Å². The second kappa shape index (κ2) is 60.6. The van der Waals surface area contributed by atoms with Crippen molar-refractivity contribution < 1.29 is 28.6 Å². The first kappa shape index (κ1) is 72.4. The van der Waals surface area contributed by atoms with E-state index in [2.05, 4.69) is 34.6 Å². The number of unbranched alkanes of at least 4 members (excludes halogenated alkanes) is 47. The molecule has 0 amide bonds. The van der Waals surface area contributed by atoms with E-state index in [4.69, 9.17) is 14.2 Å². The molecule has 0 spiro atoms. The van der Waals surface area contributed by atoms with Gasteiger partial charge in [0.1, 0.15) is 13.2 Å². The Morgan fingerprint density at radius 3 is 0.662 bits per heavy atom. The van der Waals surface area contributed by atoms with Crippen LogP contribution in [0.25, 0.3) is 0 Å². The molecule has 0 N–H and O–H groups in total. The summed E-state index contributed by atoms with van der Waals surface area (Å²) in [6.45, 7) is 11.5. The van der Waals surface area contributed by atoms with Crippen LogP contribution in [-0.2, 0) is 28.6 Å². The zero-order chi connectivity index (χ0) is 53.9. The van der Waals surface area contributed by atoms with Crippen LogP contribution in [0.5, 0.6) is 0 Å². The van der Waals surface area contributed by atoms with Crippen molar-refractivity contribution in [1.29, 1.82) is 0 Å². The van der Waals surface area contributed by atoms with E-state index in [0.29, 0.717) is 19.3 Å². The van der Waals surface area contributed by atoms with E-state index in [1.807, 2.05) is 0 Å². The smallest absolute Gasteiger partial charge is 0.306 e. The number of rotatable bonds is 62. The molecule has 440 valence electrons. The van der Waals surface area contributed by atoms with Gasteiger partial charge in [0.05, 0.1) is 0 Å². The summed E-state index contributed by atoms with van der Waals surface area (Å²) in [4.78, 5) is 38.4. The Labute approximate surface area is 463 Å². The Bertz CT molecular complexity index is 1140. The minimum absolute atomic E-state index is 0.0614. The minimum atomic E-state index is -0.764. The second-order valence-corrected chi connectivity index (χ2v) is 24.4. The van der Waals surface area contributed by atoms with Crippen LogP contribution in [0.3, 0.4) is 0 Å². The summed E-state index contributed by atoms with van der Waals surface area (Å²) in [6.07, 6.45) is 68.3. The molecule has 0 fully saturated rings. The normalized spacial score (nSPS) is 12.0. The third kappa shape index (κ3) is 61.3. The molecule has 0 aliphatic rings. The van der Waals surface area contributed by atoms with Gasteiger partial charge in [-0.3, -0.25) is 14.4 Å². The highest BCUT2D eigenvalue weighted by atomic mass is 16.6. The van der Waals surface area contributed by atoms with E-state index in [9.17, 15) is 14.4 Å². The molecule has 0 aliphatic heterocycles. The SMILES string of the molecule is CCCCCCCCCCCCCCCCCCCCC(=O)O[C@@H](COC(=O)CCCCCCCCCCCCCCCCCCCCC(C)C)COC(=O)CCCCCCCCCCCCCCCCC(C)C. The molecule has 0 unspecified atom stereocenters. The summed E-state index contributed by atoms with van der Waals surface area (Å²) in [7, 11) is 0. The van der Waals surface area contributed by atoms with Gasteiger partial charge in [-0.1, -0.05) is 349 Å². The van der Waals surface area contributed by atoms with Crippen LogP contribution in [0, 0.1) is 11.8 Å². The maximum atomic E-state index is 12.9. The van der Waals surface area contributed by atoms with Gasteiger partial charge in [0, 0.05) is 19.3 Å². The lowest BCUT2D eigenvalue weighted by molar-refractivity contribution is -0.167. The van der Waals surface area contributed by atoms with Crippen LogP contribution in [-0.4, -0.2) is 37.2 Å². The molecule has 0 aliphatic carbocycles. The number of carbonyl (C=O) groups excluding carboxylic acids is 3. The molecule has 0 rings (SSSR count). The molecule has 1 atom stereocenters. The van der Waals surface area contributed by atoms with E-state index in [1.165, 1.54) is 276 Å². The van der Waals surface area contributed by atoms with Crippen molar-refractivity contribution in [1.82, 2.24) is 0 Å². The molecule has 0 heterocycles. The maximum absolute atomic E-state index is 12.9. The van der Waals surface area contributed by atoms with Gasteiger partial charge < -0.3 is 14.2 Å². The average molecular weight is 1050 g/mol. The zero-order valence-corrected chi connectivity index (χ0v) is 51.0. The molecule has 6 nitrogen and oxygen atoms in total. The first-order valence-corrected chi connectivity index (χ1v) is 33.7. The molecular weight excluding hydrogens is 913 g/mol. The van der Waals surface area contributed by atoms with Crippen LogP contribution < -0.4 is 0 Å². The van der Waals surface area contributed by atoms with E-state index in [-0.39, 0.29) is 31.1 Å². The lowest BCUT2D eigenvalue weighted by Gasteiger charge is -2.18. The average Bonchev–Trinajstić information content (AvgIpc) is 3.38. The number of hydrogen-bond donors (Lipinski definition) is 0. The Balaban J connectivity index is 4.27. The van der Waals surface area contributed by atoms with Gasteiger partial charge in [-0.2, -0.15) is 0 Å². The summed E-state index contributed by atoms with van der Waals surface area (Å²) in [5, 5.41) is 0. The summed E-state index contributed by atoms with van der Waals surface area (Å²) in [5.74, 6) is 0.877. The number of ether oxygens (including phenoxy) is 3. The van der Waals surface area contributed by atoms with Crippen molar-refractivity contribution in [3.05, 3.63) is 0 Å². The highest BCUT2D eigenvalue weighted by Gasteiger charge is 2.19. The van der Waals surface area contributed by atoms with E-state index in [0.717, 1.165) is 69.6 Å². The molecule has 6 heteroatoms. The largest absolute Gasteiger partial charge is 0.462 e. The lowest BCUT2D eigenvalue weighted by Crippen LogP contribution is -2.30. The predicted molar refractivity (Wildman–Crippen MR) is 321 cm³/mol. The number of carbonyl (C=O) groups is 3. The van der Waals surface area contributed by atoms with Gasteiger partial charge >= 0.3 is 17.9 Å². The molecule has 74 heavy (non-hydrogen) atoms. The second-order valence-electron chi connectivity index (χ2n) is 24.4. The van der Waals surface area contributed by atoms with E-state index >= 15 is 0 Å². The summed E-state index contributed by atoms with van der Waals surface area (Å²) in [6, 6.07) is 0. The van der Waals surface area contributed by atoms with Crippen molar-refractivity contribution in [3.63, 3.8) is 0 Å². The van der Waals surface area contributed by atoms with Gasteiger partial charge in [0.25, 0.3) is 0 Å². The first-order valence-electron chi connectivity index (χ1n) is 33.7. The summed E-state index contributed by atoms with van der Waals surface area (Å²) in [5.41, 5.74) is 0. The van der Waals surface area contributed by atoms with Gasteiger partial charge in [-0.25, -0.2) is 0 Å². The minimum Gasteiger partial charge on any atom is -0.462 e. The molecule has 0 aromatic heterocycles. The third-order valence-corrected chi connectivity index (χ3v) is 15.7. The molecule has 0 aromatic carbocycles. The van der Waals surface area contributed by atoms with Gasteiger partial charge in [0.15, 0.2) is 6.10 Å². The Kier molecular flexibility index (Phi) is 59.3. The fourth-order valence-electron chi connectivity index (χ4n) is 10.6. The van der Waals surface area contributed by atoms with E-state index in [1.54, 1.807) is 0 Å². The molecule has 0 aromatic rings. The number of esters is 3. The fourth-order valence-corrected chi connectivity index (χ4v) is 10.6. The first-order chi connectivity index (χ1) is 36.2. The van der Waals surface area contributed by atoms with Crippen molar-refractivity contribution in [2.24, 2.45) is 11.8 Å². The molecule has 0 saturated carbocycles. The maximum Gasteiger partial charge on any atom is 0.306 e. The van der Waals surface area contributed by atoms with Crippen LogP contribution in [0.4, 0.5) is 0 Å². The quantitative estimate of drug-likeness (QED) is 0.0343. The molecule has 0 radical (unpaired) electrons. The van der Waals surface area contributed by atoms with Crippen LogP contribution in [0.2, 0.25) is 0 Å². The molecule has 0 saturated heterocycles. The highest BCUT2D eigenvalue weighted by Crippen LogP contribution is 2.19. The number of hydrogen-bond acceptors (Lipinski definition) is 6. The van der Waals surface area contributed by atoms with Crippen molar-refractivity contribution in [2.45, 2.75) is 394 Å². The summed E-state index contributed by atoms with van der Waals surface area (Å²) < 4.78 is 17.0. The van der Waals surface area contributed by atoms with Gasteiger partial charge in [-0.15, -0.1) is 0 Å². The summed E-state index contributed by atoms with van der Waals surface area (Å²) >= 11 is 0. The van der Waals surface area contributed by atoms with Gasteiger partial charge in [-0.05, 0) is 31.1 Å². The monoisotopic (exact) mass is 1050 g/mol. The topological polar surface area (TPSA) is 78.9 Å². The Morgan fingerprint density at radius 2 is 0.446 bits per heavy atom. The highest BCUT2D eigenvalue weighted by molar-refractivity contribution is 5.71. The lowest BCUT2D eigenvalue weighted by atomic mass is 10.0. The van der Waals surface area contributed by atoms with Crippen molar-refractivity contribution >= 4 is 17.9 Å². The Hall–Kier alpha value is -1.59. The van der Waals surface area contributed by atoms with Crippen LogP contribution in [0.1, 0.15) is 388 Å². The van der Waals surface area contributed by atoms with E-state index < -0.39 is 6.10 Å². The Morgan fingerprint density at radius 1 is 0.257 bits per heavy atom. The van der Waals surface area contributed by atoms with Gasteiger partial charge in [0.2, 0.25) is 0 Å². The molecule has 0 bridgehead atoms. The fraction of sp³-hybridized carbons (Fsp3) is 0.956. The zero-order valence-electron chi connectivity index (χ0n) is 51.0. The van der Waals surface area contributed by atoms with Crippen LogP contribution in [0.15, 0.2) is 0 Å². The van der Waals surface area contributed by atoms with Crippen molar-refractivity contribution in [2.75, 3.05) is 13.2 Å². The standard InChI is InChI=1S/C68H132O6/c1-6-7-8-9-10-11-12-13-14-15-19-23-30-35-40-45-50-55-60-68(71)74-65(62-73-67(70)59-54-49-44-39-34-29-25-24-27-32-37-42-47-52-57-64(4)5)61-72-66(69)58-53-48-43-38-33-28-22-20-17-16-18-21-26-31-36-41-46-51-56-63(2)3/h63-65H,6-62H2,1-5H3/t65-/m0/s1. The molecular formula is C68H132O6. The third-order valence-electron chi connectivity index (χ3n) is 15.7. The predicted octanol–water partition coefficient (Wildman–Crippen LogP) is 22.8. The van der Waals surface area contributed by atoms with Crippen LogP contribution >= 0.6 is 0 Å².